The number of rotatable bonds is 9. The van der Waals surface area contributed by atoms with Crippen LogP contribution in [0, 0.1) is 0 Å². The molecule has 0 fully saturated rings. The van der Waals surface area contributed by atoms with Crippen LogP contribution in [-0.4, -0.2) is 40.3 Å². The number of hydrogen-bond donors (Lipinski definition) is 0. The van der Waals surface area contributed by atoms with Crippen molar-refractivity contribution in [3.63, 3.8) is 0 Å². The van der Waals surface area contributed by atoms with Gasteiger partial charge in [-0.05, 0) is 36.4 Å². The van der Waals surface area contributed by atoms with Crippen molar-refractivity contribution >= 4 is 11.9 Å². The van der Waals surface area contributed by atoms with E-state index in [4.69, 9.17) is 18.9 Å². The van der Waals surface area contributed by atoms with Crippen molar-refractivity contribution in [3.05, 3.63) is 59.7 Å². The average molecular weight is 342 g/mol. The van der Waals surface area contributed by atoms with Gasteiger partial charge in [-0.1, -0.05) is 18.2 Å². The molecule has 0 aliphatic rings. The van der Waals surface area contributed by atoms with E-state index in [1.165, 1.54) is 13.2 Å². The van der Waals surface area contributed by atoms with Crippen molar-refractivity contribution in [2.24, 2.45) is 0 Å². The lowest BCUT2D eigenvalue weighted by molar-refractivity contribution is 0.104. The maximum Gasteiger partial charge on any atom is 0.185 e. The largest absolute Gasteiger partial charge is 0.496 e. The first-order valence-corrected chi connectivity index (χ1v) is 7.84. The van der Waals surface area contributed by atoms with Crippen molar-refractivity contribution in [1.29, 1.82) is 0 Å². The van der Waals surface area contributed by atoms with Gasteiger partial charge in [-0.2, -0.15) is 0 Å². The van der Waals surface area contributed by atoms with Gasteiger partial charge in [0.05, 0.1) is 20.8 Å². The molecule has 25 heavy (non-hydrogen) atoms. The maximum atomic E-state index is 12.4. The molecule has 0 saturated carbocycles. The van der Waals surface area contributed by atoms with Crippen LogP contribution < -0.4 is 14.2 Å². The van der Waals surface area contributed by atoms with E-state index in [1.54, 1.807) is 38.5 Å². The number of carbonyl (C=O) groups is 1. The van der Waals surface area contributed by atoms with Crippen molar-refractivity contribution in [2.45, 2.75) is 0 Å². The highest BCUT2D eigenvalue weighted by molar-refractivity contribution is 6.07. The predicted octanol–water partition coefficient (Wildman–Crippen LogP) is 3.63. The quantitative estimate of drug-likeness (QED) is 0.396. The summed E-state index contributed by atoms with van der Waals surface area (Å²) in [5, 5.41) is 0. The second kappa shape index (κ2) is 9.49. The van der Waals surface area contributed by atoms with Gasteiger partial charge >= 0.3 is 0 Å². The van der Waals surface area contributed by atoms with E-state index in [0.717, 1.165) is 5.56 Å². The molecular formula is C20H22O5. The first kappa shape index (κ1) is 18.5. The van der Waals surface area contributed by atoms with E-state index < -0.39 is 0 Å². The summed E-state index contributed by atoms with van der Waals surface area (Å²) >= 11 is 0. The third-order valence-corrected chi connectivity index (χ3v) is 3.55. The third-order valence-electron chi connectivity index (χ3n) is 3.55. The van der Waals surface area contributed by atoms with E-state index in [0.29, 0.717) is 36.0 Å². The van der Waals surface area contributed by atoms with Gasteiger partial charge in [0.2, 0.25) is 0 Å². The highest BCUT2D eigenvalue weighted by Crippen LogP contribution is 2.28. The molecular weight excluding hydrogens is 320 g/mol. The number of carbonyl (C=O) groups excluding carboxylic acids is 1. The Hall–Kier alpha value is -2.79. The lowest BCUT2D eigenvalue weighted by Gasteiger charge is -2.11. The molecule has 0 aliphatic carbocycles. The summed E-state index contributed by atoms with van der Waals surface area (Å²) in [5.41, 5.74) is 1.35. The van der Waals surface area contributed by atoms with Crippen LogP contribution in [0.3, 0.4) is 0 Å². The zero-order valence-corrected chi connectivity index (χ0v) is 14.7. The number of para-hydroxylation sites is 1. The van der Waals surface area contributed by atoms with Crippen molar-refractivity contribution < 1.29 is 23.7 Å². The topological polar surface area (TPSA) is 54.0 Å². The molecule has 0 amide bonds. The van der Waals surface area contributed by atoms with Gasteiger partial charge in [0.15, 0.2) is 17.3 Å². The summed E-state index contributed by atoms with van der Waals surface area (Å²) in [6.07, 6.45) is 3.24. The highest BCUT2D eigenvalue weighted by Gasteiger charge is 2.10. The van der Waals surface area contributed by atoms with Gasteiger partial charge < -0.3 is 18.9 Å². The predicted molar refractivity (Wildman–Crippen MR) is 96.7 cm³/mol. The van der Waals surface area contributed by atoms with Crippen LogP contribution >= 0.6 is 0 Å². The molecule has 0 radical (unpaired) electrons. The van der Waals surface area contributed by atoms with Gasteiger partial charge in [-0.3, -0.25) is 4.79 Å². The van der Waals surface area contributed by atoms with E-state index >= 15 is 0 Å². The fourth-order valence-electron chi connectivity index (χ4n) is 2.24. The van der Waals surface area contributed by atoms with Crippen molar-refractivity contribution in [3.8, 4) is 17.2 Å². The van der Waals surface area contributed by atoms with Crippen LogP contribution in [0.4, 0.5) is 0 Å². The van der Waals surface area contributed by atoms with Crippen LogP contribution in [0.5, 0.6) is 17.2 Å². The van der Waals surface area contributed by atoms with Gasteiger partial charge in [0.25, 0.3) is 0 Å². The summed E-state index contributed by atoms with van der Waals surface area (Å²) in [6, 6.07) is 12.6. The van der Waals surface area contributed by atoms with Gasteiger partial charge in [-0.25, -0.2) is 0 Å². The number of allylic oxidation sites excluding steroid dienone is 1. The van der Waals surface area contributed by atoms with Crippen LogP contribution in [0.1, 0.15) is 15.9 Å². The molecule has 0 atom stereocenters. The molecule has 5 nitrogen and oxygen atoms in total. The zero-order chi connectivity index (χ0) is 18.1. The Bertz CT molecular complexity index is 737. The Kier molecular flexibility index (Phi) is 7.04. The molecule has 5 heteroatoms. The number of methoxy groups -OCH3 is 3. The molecule has 0 bridgehead atoms. The SMILES string of the molecule is COCCOc1ccc(C(=O)/C=C/c2ccccc2OC)cc1OC. The molecule has 0 aromatic heterocycles. The third kappa shape index (κ3) is 5.09. The van der Waals surface area contributed by atoms with Crippen molar-refractivity contribution in [1.82, 2.24) is 0 Å². The normalized spacial score (nSPS) is 10.7. The Morgan fingerprint density at radius 1 is 0.920 bits per heavy atom. The van der Waals surface area contributed by atoms with Gasteiger partial charge in [0.1, 0.15) is 12.4 Å². The second-order valence-corrected chi connectivity index (χ2v) is 5.15. The summed E-state index contributed by atoms with van der Waals surface area (Å²) < 4.78 is 21.1. The number of ketones is 1. The van der Waals surface area contributed by atoms with Crippen LogP contribution in [0.25, 0.3) is 6.08 Å². The second-order valence-electron chi connectivity index (χ2n) is 5.15. The minimum absolute atomic E-state index is 0.132. The molecule has 0 spiro atoms. The number of benzene rings is 2. The van der Waals surface area contributed by atoms with Crippen LogP contribution in [-0.2, 0) is 4.74 Å². The minimum atomic E-state index is -0.132. The molecule has 0 unspecified atom stereocenters. The minimum Gasteiger partial charge on any atom is -0.496 e. The summed E-state index contributed by atoms with van der Waals surface area (Å²) in [7, 11) is 4.75. The Morgan fingerprint density at radius 3 is 2.40 bits per heavy atom. The monoisotopic (exact) mass is 342 g/mol. The fourth-order valence-corrected chi connectivity index (χ4v) is 2.24. The molecule has 0 aliphatic heterocycles. The Balaban J connectivity index is 2.14. The van der Waals surface area contributed by atoms with Crippen molar-refractivity contribution in [2.75, 3.05) is 34.5 Å². The summed E-state index contributed by atoms with van der Waals surface area (Å²) in [5.74, 6) is 1.66. The molecule has 2 aromatic rings. The van der Waals surface area contributed by atoms with Gasteiger partial charge in [0, 0.05) is 18.2 Å². The molecule has 2 aromatic carbocycles. The highest BCUT2D eigenvalue weighted by atomic mass is 16.5. The van der Waals surface area contributed by atoms with E-state index in [9.17, 15) is 4.79 Å². The summed E-state index contributed by atoms with van der Waals surface area (Å²) in [4.78, 5) is 12.4. The van der Waals surface area contributed by atoms with E-state index in [1.807, 2.05) is 24.3 Å². The number of hydrogen-bond acceptors (Lipinski definition) is 5. The molecule has 0 heterocycles. The first-order valence-electron chi connectivity index (χ1n) is 7.84. The lowest BCUT2D eigenvalue weighted by atomic mass is 10.1. The first-order chi connectivity index (χ1) is 12.2. The average Bonchev–Trinajstić information content (AvgIpc) is 2.66. The fraction of sp³-hybridized carbons (Fsp3) is 0.250. The summed E-state index contributed by atoms with van der Waals surface area (Å²) in [6.45, 7) is 0.888. The smallest absolute Gasteiger partial charge is 0.185 e. The van der Waals surface area contributed by atoms with E-state index in [-0.39, 0.29) is 5.78 Å². The Labute approximate surface area is 147 Å². The Morgan fingerprint density at radius 2 is 1.68 bits per heavy atom. The lowest BCUT2D eigenvalue weighted by Crippen LogP contribution is -2.06. The van der Waals surface area contributed by atoms with Crippen LogP contribution in [0.2, 0.25) is 0 Å². The molecule has 2 rings (SSSR count). The zero-order valence-electron chi connectivity index (χ0n) is 14.7. The molecule has 132 valence electrons. The molecule has 0 N–H and O–H groups in total. The standard InChI is InChI=1S/C20H22O5/c1-22-12-13-25-19-11-9-16(14-20(19)24-3)17(21)10-8-15-6-4-5-7-18(15)23-2/h4-11,14H,12-13H2,1-3H3/b10-8+. The number of ether oxygens (including phenoxy) is 4. The van der Waals surface area contributed by atoms with Crippen LogP contribution in [0.15, 0.2) is 48.5 Å². The van der Waals surface area contributed by atoms with E-state index in [2.05, 4.69) is 0 Å². The maximum absolute atomic E-state index is 12.4. The van der Waals surface area contributed by atoms with Gasteiger partial charge in [-0.15, -0.1) is 0 Å². The molecule has 0 saturated heterocycles.